The van der Waals surface area contributed by atoms with E-state index in [2.05, 4.69) is 21.4 Å². The van der Waals surface area contributed by atoms with E-state index in [1.807, 2.05) is 25.2 Å². The first-order chi connectivity index (χ1) is 6.75. The lowest BCUT2D eigenvalue weighted by atomic mass is 10.4. The Kier molecular flexibility index (Phi) is 2.69. The molecule has 14 heavy (non-hydrogen) atoms. The Balaban J connectivity index is 2.39. The average Bonchev–Trinajstić information content (AvgIpc) is 2.57. The van der Waals surface area contributed by atoms with Crippen LogP contribution in [0.1, 0.15) is 0 Å². The summed E-state index contributed by atoms with van der Waals surface area (Å²) < 4.78 is 1.28. The Hall–Kier alpha value is -1.07. The predicted molar refractivity (Wildman–Crippen MR) is 59.0 cm³/mol. The molecule has 0 amide bonds. The van der Waals surface area contributed by atoms with Crippen molar-refractivity contribution >= 4 is 23.6 Å². The summed E-state index contributed by atoms with van der Waals surface area (Å²) in [5.74, 6) is 0. The zero-order valence-electron chi connectivity index (χ0n) is 8.37. The van der Waals surface area contributed by atoms with Crippen LogP contribution in [0.3, 0.4) is 0 Å². The highest BCUT2D eigenvalue weighted by Crippen LogP contribution is 1.77. The predicted octanol–water partition coefficient (Wildman–Crippen LogP) is -1.38. The molecule has 2 heterocycles. The van der Waals surface area contributed by atoms with Crippen molar-refractivity contribution < 1.29 is 0 Å². The van der Waals surface area contributed by atoms with Gasteiger partial charge in [-0.15, -0.1) is 0 Å². The van der Waals surface area contributed by atoms with Gasteiger partial charge in [-0.3, -0.25) is 4.90 Å². The Morgan fingerprint density at radius 3 is 3.14 bits per heavy atom. The van der Waals surface area contributed by atoms with E-state index in [9.17, 15) is 0 Å². The van der Waals surface area contributed by atoms with Crippen LogP contribution in [-0.2, 0) is 0 Å². The second-order valence-corrected chi connectivity index (χ2v) is 4.48. The average molecular weight is 210 g/mol. The highest BCUT2D eigenvalue weighted by molar-refractivity contribution is 7.06. The van der Waals surface area contributed by atoms with Gasteiger partial charge in [0.2, 0.25) is 0 Å². The number of H-pyrrole nitrogens is 1. The zero-order valence-corrected chi connectivity index (χ0v) is 9.19. The third-order valence-electron chi connectivity index (χ3n) is 1.86. The molecule has 0 atom stereocenters. The van der Waals surface area contributed by atoms with Crippen LogP contribution in [0, 0.1) is 0 Å². The molecular weight excluding hydrogens is 196 g/mol. The normalized spacial score (nSPS) is 15.8. The summed E-state index contributed by atoms with van der Waals surface area (Å²) in [6.07, 6.45) is 4.17. The van der Waals surface area contributed by atoms with Gasteiger partial charge in [-0.05, 0) is 20.2 Å². The largest absolute Gasteiger partial charge is 0.386 e. The zero-order chi connectivity index (χ0) is 9.97. The van der Waals surface area contributed by atoms with Crippen LogP contribution in [0.25, 0.3) is 12.3 Å². The number of aromatic nitrogens is 1. The smallest absolute Gasteiger partial charge is 0.184 e. The van der Waals surface area contributed by atoms with E-state index in [0.29, 0.717) is 0 Å². The molecule has 76 valence electrons. The molecule has 0 saturated heterocycles. The number of hydrogen-bond acceptors (Lipinski definition) is 4. The van der Waals surface area contributed by atoms with Gasteiger partial charge >= 0.3 is 0 Å². The molecule has 4 nitrogen and oxygen atoms in total. The Morgan fingerprint density at radius 2 is 2.43 bits per heavy atom. The first kappa shape index (κ1) is 9.48. The Bertz CT molecular complexity index is 443. The Morgan fingerprint density at radius 1 is 1.57 bits per heavy atom. The number of hydrogen-bond donors (Lipinski definition) is 2. The molecule has 0 unspecified atom stereocenters. The highest BCUT2D eigenvalue weighted by atomic mass is 32.1. The van der Waals surface area contributed by atoms with Crippen LogP contribution in [0.4, 0.5) is 0 Å². The standard InChI is InChI=1S/C9H14N4S/c1-13(2)6-11-9-12-7-5-10-4-3-8(7)14-9/h3,5,10H,4,6H2,1-2H3,(H,11,12). The molecule has 0 saturated carbocycles. The van der Waals surface area contributed by atoms with Gasteiger partial charge in [0.15, 0.2) is 4.80 Å². The van der Waals surface area contributed by atoms with Crippen molar-refractivity contribution in [3.63, 3.8) is 0 Å². The summed E-state index contributed by atoms with van der Waals surface area (Å²) in [7, 11) is 4.02. The van der Waals surface area contributed by atoms with Crippen LogP contribution in [0.2, 0.25) is 0 Å². The van der Waals surface area contributed by atoms with E-state index >= 15 is 0 Å². The van der Waals surface area contributed by atoms with Crippen molar-refractivity contribution in [2.75, 3.05) is 27.3 Å². The van der Waals surface area contributed by atoms with E-state index in [1.165, 1.54) is 4.53 Å². The number of nitrogens with one attached hydrogen (secondary N) is 2. The van der Waals surface area contributed by atoms with Gasteiger partial charge < -0.3 is 10.3 Å². The molecule has 0 bridgehead atoms. The lowest BCUT2D eigenvalue weighted by Crippen LogP contribution is -2.30. The van der Waals surface area contributed by atoms with Gasteiger partial charge in [-0.2, -0.15) is 0 Å². The van der Waals surface area contributed by atoms with E-state index in [-0.39, 0.29) is 0 Å². The highest BCUT2D eigenvalue weighted by Gasteiger charge is 1.95. The number of nitrogens with zero attached hydrogens (tertiary/aromatic N) is 2. The lowest BCUT2D eigenvalue weighted by molar-refractivity contribution is 0.419. The summed E-state index contributed by atoms with van der Waals surface area (Å²) in [5.41, 5.74) is 0. The molecule has 5 heteroatoms. The molecule has 2 rings (SSSR count). The third kappa shape index (κ3) is 2.05. The SMILES string of the molecule is CN(C)CN=c1[nH]c2c(s1)=CCNC=2. The molecule has 0 aromatic carbocycles. The minimum atomic E-state index is 0.726. The van der Waals surface area contributed by atoms with Crippen molar-refractivity contribution in [1.29, 1.82) is 0 Å². The van der Waals surface area contributed by atoms with Gasteiger partial charge in [0, 0.05) is 12.7 Å². The van der Waals surface area contributed by atoms with Gasteiger partial charge in [0.25, 0.3) is 0 Å². The van der Waals surface area contributed by atoms with Crippen LogP contribution in [0.5, 0.6) is 0 Å². The Labute approximate surface area is 86.3 Å². The summed E-state index contributed by atoms with van der Waals surface area (Å²) in [5, 5.41) is 4.30. The maximum atomic E-state index is 4.43. The summed E-state index contributed by atoms with van der Waals surface area (Å²) in [6.45, 7) is 1.64. The van der Waals surface area contributed by atoms with Gasteiger partial charge in [-0.25, -0.2) is 4.99 Å². The first-order valence-electron chi connectivity index (χ1n) is 4.54. The summed E-state index contributed by atoms with van der Waals surface area (Å²) in [4.78, 5) is 10.7. The molecule has 1 aliphatic rings. The molecule has 1 aromatic rings. The van der Waals surface area contributed by atoms with E-state index in [4.69, 9.17) is 0 Å². The van der Waals surface area contributed by atoms with Crippen molar-refractivity contribution in [1.82, 2.24) is 15.2 Å². The molecule has 1 aliphatic heterocycles. The van der Waals surface area contributed by atoms with Gasteiger partial charge in [0.1, 0.15) is 0 Å². The fraction of sp³-hybridized carbons (Fsp3) is 0.444. The van der Waals surface area contributed by atoms with Crippen LogP contribution in [0.15, 0.2) is 4.99 Å². The van der Waals surface area contributed by atoms with Crippen molar-refractivity contribution in [2.24, 2.45) is 4.99 Å². The van der Waals surface area contributed by atoms with E-state index in [0.717, 1.165) is 23.4 Å². The molecule has 0 radical (unpaired) electrons. The molecule has 0 fully saturated rings. The topological polar surface area (TPSA) is 43.4 Å². The molecule has 2 N–H and O–H groups in total. The quantitative estimate of drug-likeness (QED) is 0.632. The summed E-state index contributed by atoms with van der Waals surface area (Å²) >= 11 is 1.70. The first-order valence-corrected chi connectivity index (χ1v) is 5.35. The minimum Gasteiger partial charge on any atom is -0.386 e. The molecule has 1 aromatic heterocycles. The summed E-state index contributed by atoms with van der Waals surface area (Å²) in [6, 6.07) is 0. The van der Waals surface area contributed by atoms with Crippen LogP contribution in [-0.4, -0.2) is 37.2 Å². The lowest BCUT2D eigenvalue weighted by Gasteiger charge is -2.01. The fourth-order valence-electron chi connectivity index (χ4n) is 1.21. The van der Waals surface area contributed by atoms with Crippen LogP contribution >= 0.6 is 11.3 Å². The van der Waals surface area contributed by atoms with Crippen LogP contribution < -0.4 is 20.0 Å². The molecule has 0 aliphatic carbocycles. The molecular formula is C9H14N4S. The van der Waals surface area contributed by atoms with Crippen molar-refractivity contribution in [3.8, 4) is 0 Å². The second kappa shape index (κ2) is 3.98. The fourth-order valence-corrected chi connectivity index (χ4v) is 2.09. The maximum absolute atomic E-state index is 4.43. The second-order valence-electron chi connectivity index (χ2n) is 3.45. The van der Waals surface area contributed by atoms with Crippen molar-refractivity contribution in [3.05, 3.63) is 14.7 Å². The number of aromatic amines is 1. The maximum Gasteiger partial charge on any atom is 0.184 e. The number of fused-ring (bicyclic) bond motifs is 1. The van der Waals surface area contributed by atoms with E-state index < -0.39 is 0 Å². The monoisotopic (exact) mass is 210 g/mol. The van der Waals surface area contributed by atoms with Gasteiger partial charge in [-0.1, -0.05) is 11.3 Å². The van der Waals surface area contributed by atoms with Gasteiger partial charge in [0.05, 0.1) is 16.6 Å². The minimum absolute atomic E-state index is 0.726. The van der Waals surface area contributed by atoms with E-state index in [1.54, 1.807) is 11.3 Å². The number of thiazole rings is 1. The third-order valence-corrected chi connectivity index (χ3v) is 2.89. The molecule has 0 spiro atoms. The van der Waals surface area contributed by atoms with Crippen molar-refractivity contribution in [2.45, 2.75) is 0 Å². The number of rotatable bonds is 2.